The number of likely N-dealkylation sites (tertiary alicyclic amines) is 1. The number of amides is 4. The molecule has 39 heavy (non-hydrogen) atoms. The molecule has 0 aromatic heterocycles. The molecule has 2 saturated heterocycles. The van der Waals surface area contributed by atoms with Gasteiger partial charge in [-0.2, -0.15) is 31.6 Å². The van der Waals surface area contributed by atoms with Crippen molar-refractivity contribution in [3.63, 3.8) is 0 Å². The molecule has 0 spiro atoms. The molecule has 0 aromatic carbocycles. The molecule has 2 aliphatic heterocycles. The van der Waals surface area contributed by atoms with E-state index in [1.165, 1.54) is 5.32 Å². The predicted octanol–water partition coefficient (Wildman–Crippen LogP) is 2.03. The van der Waals surface area contributed by atoms with Crippen LogP contribution >= 0.6 is 0 Å². The summed E-state index contributed by atoms with van der Waals surface area (Å²) in [4.78, 5) is 50.7. The van der Waals surface area contributed by atoms with Gasteiger partial charge in [0.15, 0.2) is 0 Å². The van der Waals surface area contributed by atoms with Crippen molar-refractivity contribution in [1.29, 1.82) is 5.26 Å². The predicted molar refractivity (Wildman–Crippen MR) is 122 cm³/mol. The Labute approximate surface area is 221 Å². The number of nitrogens with one attached hydrogen (secondary N) is 3. The third-order valence-corrected chi connectivity index (χ3v) is 8.27. The summed E-state index contributed by atoms with van der Waals surface area (Å²) in [6.45, 7) is 5.08. The van der Waals surface area contributed by atoms with Gasteiger partial charge in [0.05, 0.1) is 12.0 Å². The second-order valence-electron chi connectivity index (χ2n) is 11.0. The zero-order chi connectivity index (χ0) is 29.5. The topological polar surface area (TPSA) is 131 Å². The van der Waals surface area contributed by atoms with Gasteiger partial charge in [-0.25, -0.2) is 0 Å². The Balaban J connectivity index is 1.81. The highest BCUT2D eigenvalue weighted by molar-refractivity contribution is 5.91. The molecule has 3 rings (SSSR count). The molecule has 2 heterocycles. The second-order valence-corrected chi connectivity index (χ2v) is 11.0. The molecular weight excluding hydrogens is 536 g/mol. The Hall–Kier alpha value is -3.05. The minimum absolute atomic E-state index is 0.0498. The van der Waals surface area contributed by atoms with Gasteiger partial charge in [-0.3, -0.25) is 19.2 Å². The highest BCUT2D eigenvalue weighted by Crippen LogP contribution is 2.65. The van der Waals surface area contributed by atoms with Gasteiger partial charge in [0, 0.05) is 31.5 Å². The molecule has 4 amide bonds. The van der Waals surface area contributed by atoms with Crippen molar-refractivity contribution in [3.05, 3.63) is 0 Å². The molecule has 3 aliphatic rings. The first kappa shape index (κ1) is 30.5. The Morgan fingerprint density at radius 3 is 2.31 bits per heavy atom. The molecule has 15 heteroatoms. The van der Waals surface area contributed by atoms with Gasteiger partial charge < -0.3 is 20.9 Å². The number of alkyl halides is 6. The van der Waals surface area contributed by atoms with Crippen LogP contribution in [0, 0.1) is 40.4 Å². The minimum atomic E-state index is -5.51. The molecule has 1 aliphatic carbocycles. The number of nitriles is 1. The van der Waals surface area contributed by atoms with Crippen LogP contribution in [0.1, 0.15) is 46.5 Å². The summed E-state index contributed by atoms with van der Waals surface area (Å²) in [6, 6.07) is -2.63. The average molecular weight is 568 g/mol. The zero-order valence-corrected chi connectivity index (χ0v) is 21.6. The first-order valence-corrected chi connectivity index (χ1v) is 12.6. The molecule has 1 saturated carbocycles. The number of carbonyl (C=O) groups excluding carboxylic acids is 4. The van der Waals surface area contributed by atoms with Crippen molar-refractivity contribution >= 4 is 23.6 Å². The largest absolute Gasteiger partial charge is 0.471 e. The summed E-state index contributed by atoms with van der Waals surface area (Å²) < 4.78 is 80.0. The van der Waals surface area contributed by atoms with Gasteiger partial charge in [-0.05, 0) is 36.5 Å². The number of rotatable bonds is 9. The maximum Gasteiger partial charge on any atom is 0.471 e. The maximum absolute atomic E-state index is 13.7. The molecule has 9 nitrogen and oxygen atoms in total. The molecular formula is C24H31F6N5O4. The fraction of sp³-hybridized carbons (Fsp3) is 0.792. The fourth-order valence-electron chi connectivity index (χ4n) is 6.06. The van der Waals surface area contributed by atoms with Gasteiger partial charge >= 0.3 is 18.3 Å². The van der Waals surface area contributed by atoms with E-state index in [2.05, 4.69) is 10.6 Å². The summed E-state index contributed by atoms with van der Waals surface area (Å²) in [6.07, 6.45) is -11.2. The summed E-state index contributed by atoms with van der Waals surface area (Å²) in [5.74, 6) is -8.55. The summed E-state index contributed by atoms with van der Waals surface area (Å²) in [5, 5.41) is 15.8. The first-order chi connectivity index (χ1) is 17.9. The number of fused-ring (bicyclic) bond motifs is 1. The van der Waals surface area contributed by atoms with Gasteiger partial charge in [0.2, 0.25) is 17.7 Å². The zero-order valence-electron chi connectivity index (χ0n) is 21.6. The third-order valence-electron chi connectivity index (χ3n) is 8.27. The van der Waals surface area contributed by atoms with E-state index in [1.54, 1.807) is 0 Å². The molecule has 3 fully saturated rings. The van der Waals surface area contributed by atoms with Crippen LogP contribution in [0.2, 0.25) is 0 Å². The van der Waals surface area contributed by atoms with Crippen molar-refractivity contribution in [3.8, 4) is 6.07 Å². The lowest BCUT2D eigenvalue weighted by Gasteiger charge is -2.36. The van der Waals surface area contributed by atoms with Gasteiger partial charge in [0.25, 0.3) is 0 Å². The lowest BCUT2D eigenvalue weighted by Crippen LogP contribution is -2.59. The molecule has 218 valence electrons. The number of hydrogen-bond donors (Lipinski definition) is 3. The fourth-order valence-corrected chi connectivity index (χ4v) is 6.06. The SMILES string of the molecule is CCC(C(NC(=O)C(F)(F)F)C(=O)N1C[C@H]2[C@@H]([C@H]1CC(=O)N[C@H](C#N)C[C@@H]1CCNC1=O)C2(C)C)C(F)(F)F. The highest BCUT2D eigenvalue weighted by atomic mass is 19.4. The normalized spacial score (nSPS) is 28.0. The summed E-state index contributed by atoms with van der Waals surface area (Å²) in [7, 11) is 0. The van der Waals surface area contributed by atoms with Crippen LogP contribution < -0.4 is 16.0 Å². The minimum Gasteiger partial charge on any atom is -0.356 e. The van der Waals surface area contributed by atoms with E-state index in [0.717, 1.165) is 11.8 Å². The van der Waals surface area contributed by atoms with Gasteiger partial charge in [-0.15, -0.1) is 0 Å². The number of carbonyl (C=O) groups is 4. The van der Waals surface area contributed by atoms with E-state index in [4.69, 9.17) is 0 Å². The quantitative estimate of drug-likeness (QED) is 0.367. The monoisotopic (exact) mass is 567 g/mol. The summed E-state index contributed by atoms with van der Waals surface area (Å²) in [5.41, 5.74) is -0.378. The number of piperidine rings is 1. The lowest BCUT2D eigenvalue weighted by atomic mass is 9.92. The Morgan fingerprint density at radius 2 is 1.82 bits per heavy atom. The van der Waals surface area contributed by atoms with Crippen LogP contribution in [0.15, 0.2) is 0 Å². The van der Waals surface area contributed by atoms with Crippen molar-refractivity contribution in [2.45, 2.75) is 76.9 Å². The van der Waals surface area contributed by atoms with Gasteiger partial charge in [-0.1, -0.05) is 20.8 Å². The second kappa shape index (κ2) is 10.8. The smallest absolute Gasteiger partial charge is 0.356 e. The molecule has 3 N–H and O–H groups in total. The molecule has 7 atom stereocenters. The van der Waals surface area contributed by atoms with Crippen molar-refractivity contribution in [2.75, 3.05) is 13.1 Å². The molecule has 0 aromatic rings. The van der Waals surface area contributed by atoms with E-state index in [9.17, 15) is 50.8 Å². The van der Waals surface area contributed by atoms with Crippen LogP contribution in [0.5, 0.6) is 0 Å². The summed E-state index contributed by atoms with van der Waals surface area (Å²) >= 11 is 0. The maximum atomic E-state index is 13.7. The van der Waals surface area contributed by atoms with E-state index in [-0.39, 0.29) is 36.1 Å². The highest BCUT2D eigenvalue weighted by Gasteiger charge is 2.68. The van der Waals surface area contributed by atoms with Crippen molar-refractivity contribution < 1.29 is 45.5 Å². The van der Waals surface area contributed by atoms with Crippen molar-refractivity contribution in [1.82, 2.24) is 20.9 Å². The number of nitrogens with zero attached hydrogens (tertiary/aromatic N) is 2. The molecule has 0 bridgehead atoms. The molecule has 0 radical (unpaired) electrons. The third kappa shape index (κ3) is 6.41. The standard InChI is InChI=1S/C24H31F6N5O4/c1-4-13(23(25,26)27)18(34-21(39)24(28,29)30)20(38)35-10-14-17(22(14,2)3)15(35)8-16(36)33-12(9-31)7-11-5-6-32-19(11)37/h11-15,17-18H,4-8,10H2,1-3H3,(H,32,37)(H,33,36)(H,34,39)/t11-,12-,13?,14-,15+,17-,18?/m0/s1. The van der Waals surface area contributed by atoms with Crippen LogP contribution in [-0.2, 0) is 19.2 Å². The van der Waals surface area contributed by atoms with Crippen LogP contribution in [0.4, 0.5) is 26.3 Å². The van der Waals surface area contributed by atoms with E-state index in [0.29, 0.717) is 13.0 Å². The van der Waals surface area contributed by atoms with Crippen LogP contribution in [0.3, 0.4) is 0 Å². The first-order valence-electron chi connectivity index (χ1n) is 12.6. The van der Waals surface area contributed by atoms with E-state index < -0.39 is 72.9 Å². The number of hydrogen-bond acceptors (Lipinski definition) is 5. The molecule has 2 unspecified atom stereocenters. The Bertz CT molecular complexity index is 1040. The lowest BCUT2D eigenvalue weighted by molar-refractivity contribution is -0.195. The van der Waals surface area contributed by atoms with Gasteiger partial charge in [0.1, 0.15) is 12.1 Å². The Kier molecular flexibility index (Phi) is 8.48. The van der Waals surface area contributed by atoms with Crippen LogP contribution in [0.25, 0.3) is 0 Å². The van der Waals surface area contributed by atoms with Crippen LogP contribution in [-0.4, -0.2) is 72.1 Å². The van der Waals surface area contributed by atoms with E-state index >= 15 is 0 Å². The number of halogens is 6. The average Bonchev–Trinajstić information content (AvgIpc) is 3.11. The Morgan fingerprint density at radius 1 is 1.18 bits per heavy atom. The van der Waals surface area contributed by atoms with Crippen molar-refractivity contribution in [2.24, 2.45) is 29.1 Å². The van der Waals surface area contributed by atoms with E-state index in [1.807, 2.05) is 19.9 Å².